The summed E-state index contributed by atoms with van der Waals surface area (Å²) in [7, 11) is 3.45. The third kappa shape index (κ3) is 4.81. The van der Waals surface area contributed by atoms with Gasteiger partial charge in [0.1, 0.15) is 0 Å². The van der Waals surface area contributed by atoms with Crippen molar-refractivity contribution in [1.82, 2.24) is 15.2 Å². The van der Waals surface area contributed by atoms with E-state index in [9.17, 15) is 4.79 Å². The first-order chi connectivity index (χ1) is 8.67. The van der Waals surface area contributed by atoms with Gasteiger partial charge >= 0.3 is 5.97 Å². The first-order valence-corrected chi connectivity index (χ1v) is 6.10. The Balaban J connectivity index is 2.33. The number of nitrogens with zero attached hydrogens (tertiary/aromatic N) is 2. The minimum absolute atomic E-state index is 0.355. The molecule has 0 aliphatic rings. The van der Waals surface area contributed by atoms with Crippen LogP contribution in [-0.4, -0.2) is 49.6 Å². The molecule has 1 N–H and O–H groups in total. The summed E-state index contributed by atoms with van der Waals surface area (Å²) in [6, 6.07) is 3.57. The molecule has 0 bridgehead atoms. The van der Waals surface area contributed by atoms with Crippen molar-refractivity contribution in [3.8, 4) is 0 Å². The molecule has 0 saturated carbocycles. The van der Waals surface area contributed by atoms with Crippen LogP contribution in [0.4, 0.5) is 0 Å². The van der Waals surface area contributed by atoms with Crippen molar-refractivity contribution in [3.63, 3.8) is 0 Å². The molecule has 0 unspecified atom stereocenters. The van der Waals surface area contributed by atoms with E-state index >= 15 is 0 Å². The highest BCUT2D eigenvalue weighted by Gasteiger charge is 2.05. The first kappa shape index (κ1) is 14.6. The molecule has 5 heteroatoms. The van der Waals surface area contributed by atoms with Crippen LogP contribution >= 0.6 is 0 Å². The summed E-state index contributed by atoms with van der Waals surface area (Å²) in [5, 5.41) is 3.31. The van der Waals surface area contributed by atoms with Gasteiger partial charge in [0.25, 0.3) is 0 Å². The van der Waals surface area contributed by atoms with Crippen molar-refractivity contribution in [3.05, 3.63) is 29.6 Å². The lowest BCUT2D eigenvalue weighted by molar-refractivity contribution is 0.0600. The van der Waals surface area contributed by atoms with E-state index in [4.69, 9.17) is 0 Å². The Labute approximate surface area is 108 Å². The van der Waals surface area contributed by atoms with Crippen LogP contribution in [-0.2, 0) is 11.3 Å². The number of hydrogen-bond donors (Lipinski definition) is 1. The van der Waals surface area contributed by atoms with Gasteiger partial charge in [0, 0.05) is 25.8 Å². The van der Waals surface area contributed by atoms with Crippen molar-refractivity contribution in [2.24, 2.45) is 0 Å². The van der Waals surface area contributed by atoms with Gasteiger partial charge in [-0.3, -0.25) is 4.98 Å². The van der Waals surface area contributed by atoms with Gasteiger partial charge in [0.15, 0.2) is 0 Å². The highest BCUT2D eigenvalue weighted by atomic mass is 16.5. The number of rotatable bonds is 7. The van der Waals surface area contributed by atoms with Crippen molar-refractivity contribution >= 4 is 5.97 Å². The second-order valence-corrected chi connectivity index (χ2v) is 4.10. The Bertz CT molecular complexity index is 365. The zero-order chi connectivity index (χ0) is 13.4. The maximum atomic E-state index is 11.2. The van der Waals surface area contributed by atoms with Crippen molar-refractivity contribution in [2.45, 2.75) is 13.5 Å². The molecule has 1 rings (SSSR count). The summed E-state index contributed by atoms with van der Waals surface area (Å²) in [4.78, 5) is 17.7. The normalized spacial score (nSPS) is 10.7. The van der Waals surface area contributed by atoms with Gasteiger partial charge in [0.2, 0.25) is 0 Å². The lowest BCUT2D eigenvalue weighted by atomic mass is 10.2. The van der Waals surface area contributed by atoms with Crippen LogP contribution in [0.1, 0.15) is 23.0 Å². The molecular formula is C13H21N3O2. The number of carbonyl (C=O) groups is 1. The fourth-order valence-corrected chi connectivity index (χ4v) is 1.41. The molecule has 0 atom stereocenters. The molecule has 0 fully saturated rings. The molecule has 0 aromatic carbocycles. The van der Waals surface area contributed by atoms with E-state index in [1.807, 2.05) is 6.07 Å². The topological polar surface area (TPSA) is 54.5 Å². The molecule has 0 aliphatic heterocycles. The fourth-order valence-electron chi connectivity index (χ4n) is 1.41. The molecule has 1 aromatic heterocycles. The quantitative estimate of drug-likeness (QED) is 0.576. The second-order valence-electron chi connectivity index (χ2n) is 4.10. The number of methoxy groups -OCH3 is 1. The largest absolute Gasteiger partial charge is 0.465 e. The zero-order valence-electron chi connectivity index (χ0n) is 11.3. The molecule has 5 nitrogen and oxygen atoms in total. The second kappa shape index (κ2) is 7.79. The molecule has 0 radical (unpaired) electrons. The van der Waals surface area contributed by atoms with E-state index < -0.39 is 0 Å². The number of esters is 1. The van der Waals surface area contributed by atoms with Gasteiger partial charge in [-0.2, -0.15) is 0 Å². The lowest BCUT2D eigenvalue weighted by Gasteiger charge is -2.13. The van der Waals surface area contributed by atoms with E-state index in [1.54, 1.807) is 12.3 Å². The number of ether oxygens (including phenoxy) is 1. The van der Waals surface area contributed by atoms with Crippen LogP contribution in [0.5, 0.6) is 0 Å². The van der Waals surface area contributed by atoms with E-state index in [-0.39, 0.29) is 5.97 Å². The van der Waals surface area contributed by atoms with Crippen LogP contribution in [0, 0.1) is 0 Å². The highest BCUT2D eigenvalue weighted by Crippen LogP contribution is 2.01. The van der Waals surface area contributed by atoms with E-state index in [2.05, 4.69) is 33.9 Å². The molecule has 1 heterocycles. The number of aromatic nitrogens is 1. The standard InChI is InChI=1S/C13H21N3O2/c1-4-16(2)8-7-14-10-12-6-5-11(9-15-12)13(17)18-3/h5-6,9,14H,4,7-8,10H2,1-3H3. The Morgan fingerprint density at radius 1 is 1.50 bits per heavy atom. The lowest BCUT2D eigenvalue weighted by Crippen LogP contribution is -2.28. The average Bonchev–Trinajstić information content (AvgIpc) is 2.43. The Kier molecular flexibility index (Phi) is 6.32. The number of nitrogens with one attached hydrogen (secondary N) is 1. The fraction of sp³-hybridized carbons (Fsp3) is 0.538. The summed E-state index contributed by atoms with van der Waals surface area (Å²) in [6.07, 6.45) is 1.54. The maximum absolute atomic E-state index is 11.2. The number of carbonyl (C=O) groups excluding carboxylic acids is 1. The van der Waals surface area contributed by atoms with Crippen LogP contribution in [0.3, 0.4) is 0 Å². The summed E-state index contributed by atoms with van der Waals surface area (Å²) < 4.78 is 4.61. The van der Waals surface area contributed by atoms with E-state index in [0.717, 1.165) is 25.3 Å². The van der Waals surface area contributed by atoms with Crippen molar-refractivity contribution in [1.29, 1.82) is 0 Å². The molecule has 0 amide bonds. The van der Waals surface area contributed by atoms with E-state index in [1.165, 1.54) is 7.11 Å². The summed E-state index contributed by atoms with van der Waals surface area (Å²) in [5.41, 5.74) is 1.40. The predicted molar refractivity (Wildman–Crippen MR) is 70.5 cm³/mol. The smallest absolute Gasteiger partial charge is 0.339 e. The molecule has 0 spiro atoms. The number of pyridine rings is 1. The molecule has 18 heavy (non-hydrogen) atoms. The van der Waals surface area contributed by atoms with Crippen molar-refractivity contribution < 1.29 is 9.53 Å². The van der Waals surface area contributed by atoms with Gasteiger partial charge in [-0.15, -0.1) is 0 Å². The van der Waals surface area contributed by atoms with Crippen LogP contribution in [0.15, 0.2) is 18.3 Å². The van der Waals surface area contributed by atoms with Crippen LogP contribution < -0.4 is 5.32 Å². The molecule has 100 valence electrons. The third-order valence-electron chi connectivity index (χ3n) is 2.76. The van der Waals surface area contributed by atoms with Crippen molar-refractivity contribution in [2.75, 3.05) is 33.8 Å². The molecule has 1 aromatic rings. The summed E-state index contributed by atoms with van der Waals surface area (Å²) in [6.45, 7) is 5.82. The van der Waals surface area contributed by atoms with Gasteiger partial charge in [-0.1, -0.05) is 6.92 Å². The van der Waals surface area contributed by atoms with Crippen LogP contribution in [0.2, 0.25) is 0 Å². The van der Waals surface area contributed by atoms with Gasteiger partial charge in [-0.05, 0) is 25.7 Å². The predicted octanol–water partition coefficient (Wildman–Crippen LogP) is 0.909. The number of hydrogen-bond acceptors (Lipinski definition) is 5. The van der Waals surface area contributed by atoms with Gasteiger partial charge in [-0.25, -0.2) is 4.79 Å². The number of likely N-dealkylation sites (N-methyl/N-ethyl adjacent to an activating group) is 1. The molecular weight excluding hydrogens is 230 g/mol. The Hall–Kier alpha value is -1.46. The first-order valence-electron chi connectivity index (χ1n) is 6.10. The van der Waals surface area contributed by atoms with E-state index in [0.29, 0.717) is 12.1 Å². The van der Waals surface area contributed by atoms with Gasteiger partial charge in [0.05, 0.1) is 18.4 Å². The Morgan fingerprint density at radius 3 is 2.83 bits per heavy atom. The van der Waals surface area contributed by atoms with Crippen LogP contribution in [0.25, 0.3) is 0 Å². The minimum Gasteiger partial charge on any atom is -0.465 e. The maximum Gasteiger partial charge on any atom is 0.339 e. The third-order valence-corrected chi connectivity index (χ3v) is 2.76. The monoisotopic (exact) mass is 251 g/mol. The highest BCUT2D eigenvalue weighted by molar-refractivity contribution is 5.88. The molecule has 0 aliphatic carbocycles. The van der Waals surface area contributed by atoms with Gasteiger partial charge < -0.3 is 15.0 Å². The summed E-state index contributed by atoms with van der Waals surface area (Å²) in [5.74, 6) is -0.355. The SMILES string of the molecule is CCN(C)CCNCc1ccc(C(=O)OC)cn1. The minimum atomic E-state index is -0.355. The Morgan fingerprint density at radius 2 is 2.28 bits per heavy atom. The summed E-state index contributed by atoms with van der Waals surface area (Å²) >= 11 is 0. The average molecular weight is 251 g/mol. The zero-order valence-corrected chi connectivity index (χ0v) is 11.3. The molecule has 0 saturated heterocycles.